The maximum Gasteiger partial charge on any atom is 0.407 e. The van der Waals surface area contributed by atoms with E-state index in [1.54, 1.807) is 96.8 Å². The van der Waals surface area contributed by atoms with Crippen molar-refractivity contribution in [3.8, 4) is 28.7 Å². The van der Waals surface area contributed by atoms with Gasteiger partial charge in [-0.25, -0.2) is 23.2 Å². The first-order chi connectivity index (χ1) is 56.1. The lowest BCUT2D eigenvalue weighted by Gasteiger charge is -2.19. The van der Waals surface area contributed by atoms with Gasteiger partial charge in [-0.1, -0.05) is 45.2 Å². The van der Waals surface area contributed by atoms with Crippen LogP contribution in [0.2, 0.25) is 10.0 Å². The molecule has 6 amide bonds. The van der Waals surface area contributed by atoms with Gasteiger partial charge in [-0.3, -0.25) is 54.3 Å². The summed E-state index contributed by atoms with van der Waals surface area (Å²) < 4.78 is 70.0. The minimum Gasteiger partial charge on any atom is -0.508 e. The minimum absolute atomic E-state index is 0. The number of anilines is 3. The molecule has 0 spiro atoms. The number of nitro benzene ring substituents is 3. The highest BCUT2D eigenvalue weighted by molar-refractivity contribution is 9.09. The highest BCUT2D eigenvalue weighted by Crippen LogP contribution is 2.34. The lowest BCUT2D eigenvalue weighted by atomic mass is 10.1. The molecule has 0 saturated carbocycles. The van der Waals surface area contributed by atoms with Gasteiger partial charge in [0.1, 0.15) is 98.9 Å². The number of carbonyl (C=O) groups excluding carboxylic acids is 7. The van der Waals surface area contributed by atoms with Gasteiger partial charge in [0, 0.05) is 50.5 Å². The molecular weight excluding hydrogens is 1720 g/mol. The predicted octanol–water partition coefficient (Wildman–Crippen LogP) is 15.2. The molecular formula is C81H101BrCl3F2N11O23. The number of halogens is 6. The van der Waals surface area contributed by atoms with E-state index in [0.717, 1.165) is 52.5 Å². The zero-order valence-electron chi connectivity index (χ0n) is 69.4. The number of esters is 1. The van der Waals surface area contributed by atoms with E-state index >= 15 is 0 Å². The number of nitrogens with zero attached hydrogens (tertiary/aromatic N) is 6. The van der Waals surface area contributed by atoms with E-state index in [2.05, 4.69) is 42.5 Å². The predicted molar refractivity (Wildman–Crippen MR) is 457 cm³/mol. The van der Waals surface area contributed by atoms with Crippen molar-refractivity contribution in [2.24, 2.45) is 0 Å². The first-order valence-electron chi connectivity index (χ1n) is 37.0. The summed E-state index contributed by atoms with van der Waals surface area (Å²) in [6.45, 7) is 23.4. The zero-order valence-corrected chi connectivity index (χ0v) is 73.3. The van der Waals surface area contributed by atoms with Gasteiger partial charge in [-0.05, 0) is 203 Å². The molecule has 0 unspecified atom stereocenters. The number of nitrogens with one attached hydrogen (secondary N) is 5. The van der Waals surface area contributed by atoms with Gasteiger partial charge in [-0.2, -0.15) is 0 Å². The van der Waals surface area contributed by atoms with Crippen molar-refractivity contribution >= 4 is 128 Å². The number of aromatic hydroxyl groups is 1. The number of hydrogen-bond donors (Lipinski definition) is 6. The van der Waals surface area contributed by atoms with Crippen LogP contribution in [0.15, 0.2) is 132 Å². The number of likely N-dealkylation sites (N-methyl/N-ethyl adjacent to an activating group) is 2. The average molecular weight is 1820 g/mol. The van der Waals surface area contributed by atoms with Crippen molar-refractivity contribution in [1.29, 1.82) is 0 Å². The van der Waals surface area contributed by atoms with Gasteiger partial charge in [-0.15, -0.1) is 12.4 Å². The van der Waals surface area contributed by atoms with Crippen molar-refractivity contribution in [1.82, 2.24) is 25.8 Å². The number of nitro groups is 3. The maximum atomic E-state index is 13.4. The van der Waals surface area contributed by atoms with Gasteiger partial charge >= 0.3 is 24.2 Å². The standard InChI is InChI=1S/C24H21F2N3O4.C16H22N2O4.C14H21N3O5.C13H17ClN2O5.C8H15BrO2.C6H4ClNO3.ClH/c1-28-21-7-5-17(12-16(21)13-22(28)30)33-10-8-27-23(31)18-3-2-9-29(24(18)32)14-15-4-6-19(25)20(26)11-15;1-16(2,3)22-15(20)17-7-8-21-12-5-6-13-11(9-12)10-14(19)18(13)4;1-14(2,3)22-13(18)16-7-8-21-10-5-6-11(15-4)12(9-10)17(19)20;1-13(2,3)21-12(17)15-6-7-20-9-4-5-10(14)11(8-9)16(18)19;1-8(2,3)11-7(10)5-4-6-9;7-5-2-1-4(9)3-6(5)8(10)11;/h2-7,9,11-12H,8,10,13-14H2,1H3,(H,27,31);5-6,9H,7-8,10H2,1-4H3,(H,17,20);5-6,9,15H,7-8H2,1-4H3,(H,16,18);4-5,8H,6-7H2,1-3H3,(H,15,17);4-6H2,1-3H3;1-3,9H;1H. The third kappa shape index (κ3) is 38.4. The number of phenolic OH excluding ortho intramolecular Hbond substituents is 1. The Labute approximate surface area is 722 Å². The van der Waals surface area contributed by atoms with Crippen LogP contribution in [0.25, 0.3) is 0 Å². The van der Waals surface area contributed by atoms with Crippen LogP contribution >= 0.6 is 51.5 Å². The largest absolute Gasteiger partial charge is 0.508 e. The molecule has 2 aliphatic rings. The highest BCUT2D eigenvalue weighted by atomic mass is 79.9. The number of alkyl halides is 1. The Balaban J connectivity index is 0.000000389. The Morgan fingerprint density at radius 3 is 1.32 bits per heavy atom. The number of fused-ring (bicyclic) bond motifs is 2. The zero-order chi connectivity index (χ0) is 90.0. The second kappa shape index (κ2) is 49.0. The highest BCUT2D eigenvalue weighted by Gasteiger charge is 2.27. The second-order valence-electron chi connectivity index (χ2n) is 29.7. The number of benzene rings is 6. The molecule has 6 N–H and O–H groups in total. The molecule has 0 radical (unpaired) electrons. The molecule has 6 aromatic carbocycles. The average Bonchev–Trinajstić information content (AvgIpc) is 1.78. The molecule has 34 nitrogen and oxygen atoms in total. The first kappa shape index (κ1) is 103. The lowest BCUT2D eigenvalue weighted by molar-refractivity contribution is -0.384. The van der Waals surface area contributed by atoms with Crippen LogP contribution in [0.1, 0.15) is 123 Å². The van der Waals surface area contributed by atoms with Crippen LogP contribution in [0.4, 0.5) is 57.3 Å². The molecule has 121 heavy (non-hydrogen) atoms. The van der Waals surface area contributed by atoms with Crippen molar-refractivity contribution < 1.29 is 100 Å². The minimum atomic E-state index is -1.00. The number of amides is 6. The Bertz CT molecular complexity index is 4790. The van der Waals surface area contributed by atoms with Gasteiger partial charge in [0.2, 0.25) is 11.8 Å². The van der Waals surface area contributed by atoms with Gasteiger partial charge in [0.15, 0.2) is 11.6 Å². The first-order valence-corrected chi connectivity index (χ1v) is 38.9. The molecule has 0 fully saturated rings. The van der Waals surface area contributed by atoms with Crippen LogP contribution in [-0.4, -0.2) is 168 Å². The van der Waals surface area contributed by atoms with Crippen LogP contribution in [-0.2, 0) is 52.7 Å². The molecule has 0 bridgehead atoms. The summed E-state index contributed by atoms with van der Waals surface area (Å²) >= 11 is 14.4. The molecule has 1 aromatic heterocycles. The van der Waals surface area contributed by atoms with Crippen LogP contribution in [0.3, 0.4) is 0 Å². The van der Waals surface area contributed by atoms with Gasteiger partial charge in [0.25, 0.3) is 28.5 Å². The summed E-state index contributed by atoms with van der Waals surface area (Å²) in [5.41, 5.74) is 1.23. The van der Waals surface area contributed by atoms with E-state index < -0.39 is 73.0 Å². The number of rotatable bonds is 26. The van der Waals surface area contributed by atoms with Crippen molar-refractivity contribution in [2.75, 3.05) is 94.2 Å². The van der Waals surface area contributed by atoms with E-state index in [0.29, 0.717) is 66.7 Å². The third-order valence-electron chi connectivity index (χ3n) is 15.2. The van der Waals surface area contributed by atoms with Gasteiger partial charge < -0.3 is 84.0 Å². The fourth-order valence-electron chi connectivity index (χ4n) is 10.0. The maximum absolute atomic E-state index is 13.4. The number of ether oxygens (including phenoxy) is 8. The molecule has 7 aromatic rings. The number of alkyl carbamates (subject to hydrolysis) is 3. The quantitative estimate of drug-likeness (QED) is 0.00732. The summed E-state index contributed by atoms with van der Waals surface area (Å²) in [6.07, 6.45) is 2.00. The Kier molecular flexibility index (Phi) is 41.9. The SMILES string of the molecule is CC(C)(C)OC(=O)CCCBr.CC(C)(C)OC(=O)NCCOc1ccc(Cl)c([N+](=O)[O-])c1.CN1C(=O)Cc2cc(OCCNC(=O)OC(C)(C)C)ccc21.CN1C(=O)Cc2cc(OCCNC(=O)c3cccn(Cc4ccc(F)c(F)c4)c3=O)ccc21.CNc1ccc(OCCNC(=O)OC(C)(C)C)cc1[N+](=O)[O-].Cl.O=[N+]([O-])c1cc(O)ccc1Cl. The summed E-state index contributed by atoms with van der Waals surface area (Å²) in [5.74, 6) is -0.784. The number of pyridine rings is 1. The van der Waals surface area contributed by atoms with Crippen LogP contribution in [0.5, 0.6) is 28.7 Å². The second-order valence-corrected chi connectivity index (χ2v) is 31.3. The molecule has 2 aliphatic heterocycles. The van der Waals surface area contributed by atoms with E-state index in [1.807, 2.05) is 65.8 Å². The Morgan fingerprint density at radius 2 is 0.917 bits per heavy atom. The topological polar surface area (TPSA) is 432 Å². The van der Waals surface area contributed by atoms with E-state index in [-0.39, 0.29) is 120 Å². The van der Waals surface area contributed by atoms with Crippen molar-refractivity contribution in [3.63, 3.8) is 0 Å². The van der Waals surface area contributed by atoms with Crippen molar-refractivity contribution in [2.45, 2.75) is 138 Å². The lowest BCUT2D eigenvalue weighted by Crippen LogP contribution is -2.34. The number of carbonyl (C=O) groups is 7. The summed E-state index contributed by atoms with van der Waals surface area (Å²) in [7, 11) is 5.09. The van der Waals surface area contributed by atoms with Crippen LogP contribution < -0.4 is 60.9 Å². The van der Waals surface area contributed by atoms with E-state index in [9.17, 15) is 77.5 Å². The van der Waals surface area contributed by atoms with Crippen molar-refractivity contribution in [3.05, 3.63) is 212 Å². The molecule has 0 atom stereocenters. The smallest absolute Gasteiger partial charge is 0.407 e. The molecule has 40 heteroatoms. The van der Waals surface area contributed by atoms with Crippen LogP contribution in [0, 0.1) is 42.0 Å². The van der Waals surface area contributed by atoms with E-state index in [1.165, 1.54) is 65.4 Å². The molecule has 0 aliphatic carbocycles. The summed E-state index contributed by atoms with van der Waals surface area (Å²) in [4.78, 5) is 127. The molecule has 9 rings (SSSR count). The molecule has 0 saturated heterocycles. The summed E-state index contributed by atoms with van der Waals surface area (Å²) in [6, 6.07) is 29.4. The van der Waals surface area contributed by atoms with E-state index in [4.69, 9.17) is 66.2 Å². The monoisotopic (exact) mass is 1820 g/mol. The number of phenols is 1. The number of aromatic nitrogens is 1. The fraction of sp³-hybridized carbons (Fsp3) is 0.407. The molecule has 660 valence electrons. The fourth-order valence-corrected chi connectivity index (χ4v) is 10.7. The van der Waals surface area contributed by atoms with Gasteiger partial charge in [0.05, 0.1) is 78.5 Å². The Morgan fingerprint density at radius 1 is 0.521 bits per heavy atom. The normalized spacial score (nSPS) is 11.7. The summed E-state index contributed by atoms with van der Waals surface area (Å²) in [5, 5.41) is 54.6. The number of hydrogen-bond acceptors (Lipinski definition) is 24. The third-order valence-corrected chi connectivity index (χ3v) is 16.4. The molecule has 3 heterocycles. The Hall–Kier alpha value is -11.8.